The van der Waals surface area contributed by atoms with Crippen LogP contribution in [0.5, 0.6) is 0 Å². The van der Waals surface area contributed by atoms with Crippen molar-refractivity contribution in [3.8, 4) is 23.3 Å². The smallest absolute Gasteiger partial charge is 0.139 e. The Morgan fingerprint density at radius 3 is 2.30 bits per heavy atom. The number of nitrogens with zero attached hydrogens (tertiary/aromatic N) is 3. The fourth-order valence-corrected chi connectivity index (χ4v) is 4.30. The number of aromatic nitrogens is 3. The Morgan fingerprint density at radius 2 is 1.50 bits per heavy atom. The Morgan fingerprint density at radius 1 is 0.767 bits per heavy atom. The van der Waals surface area contributed by atoms with E-state index in [1.165, 1.54) is 0 Å². The molecule has 3 aromatic carbocycles. The quantitative estimate of drug-likeness (QED) is 0.378. The van der Waals surface area contributed by atoms with E-state index in [0.717, 1.165) is 54.9 Å². The molecule has 5 heteroatoms. The molecule has 0 radical (unpaired) electrons. The Kier molecular flexibility index (Phi) is 3.24. The van der Waals surface area contributed by atoms with Gasteiger partial charge in [-0.05, 0) is 42.5 Å². The highest BCUT2D eigenvalue weighted by Gasteiger charge is 2.19. The van der Waals surface area contributed by atoms with Gasteiger partial charge in [-0.1, -0.05) is 18.2 Å². The van der Waals surface area contributed by atoms with Crippen LogP contribution in [-0.4, -0.2) is 15.0 Å². The molecule has 0 unspecified atom stereocenters. The first kappa shape index (κ1) is 16.4. The van der Waals surface area contributed by atoms with Gasteiger partial charge in [0.05, 0.1) is 28.8 Å². The maximum Gasteiger partial charge on any atom is 0.139 e. The second-order valence-corrected chi connectivity index (χ2v) is 7.30. The van der Waals surface area contributed by atoms with E-state index in [-0.39, 0.29) is 0 Å². The van der Waals surface area contributed by atoms with Gasteiger partial charge in [-0.2, -0.15) is 10.5 Å². The SMILES string of the molecule is N#Cc1ccc2[nH]cc(-c3c4ccccc4nc4[nH]c5ccc(C#N)cc5c34)c2c1. The molecule has 30 heavy (non-hydrogen) atoms. The van der Waals surface area contributed by atoms with Gasteiger partial charge >= 0.3 is 0 Å². The molecule has 6 aromatic rings. The molecule has 0 saturated heterocycles. The van der Waals surface area contributed by atoms with Crippen LogP contribution in [0.3, 0.4) is 0 Å². The minimum Gasteiger partial charge on any atom is -0.361 e. The standard InChI is InChI=1S/C25H13N5/c26-11-14-5-7-20-17(9-14)19(13-28-20)23-16-3-1-2-4-21(16)29-25-24(23)18-10-15(12-27)6-8-22(18)30-25/h1-10,13,28H,(H,29,30). The van der Waals surface area contributed by atoms with Crippen molar-refractivity contribution in [2.75, 3.05) is 0 Å². The zero-order valence-electron chi connectivity index (χ0n) is 15.7. The maximum absolute atomic E-state index is 9.42. The summed E-state index contributed by atoms with van der Waals surface area (Å²) in [5.74, 6) is 0. The predicted octanol–water partition coefficient (Wildman–Crippen LogP) is 5.76. The summed E-state index contributed by atoms with van der Waals surface area (Å²) in [6, 6.07) is 23.8. The largest absolute Gasteiger partial charge is 0.361 e. The molecular weight excluding hydrogens is 370 g/mol. The first-order valence-corrected chi connectivity index (χ1v) is 9.53. The molecule has 0 fully saturated rings. The zero-order chi connectivity index (χ0) is 20.2. The van der Waals surface area contributed by atoms with Crippen LogP contribution in [0.15, 0.2) is 66.9 Å². The van der Waals surface area contributed by atoms with Gasteiger partial charge in [0.1, 0.15) is 5.65 Å². The fraction of sp³-hybridized carbons (Fsp3) is 0. The molecule has 0 aliphatic carbocycles. The van der Waals surface area contributed by atoms with E-state index in [0.29, 0.717) is 11.1 Å². The normalized spacial score (nSPS) is 11.3. The molecule has 0 spiro atoms. The lowest BCUT2D eigenvalue weighted by Gasteiger charge is -2.09. The van der Waals surface area contributed by atoms with Crippen LogP contribution in [-0.2, 0) is 0 Å². The lowest BCUT2D eigenvalue weighted by Crippen LogP contribution is -1.87. The molecule has 6 rings (SSSR count). The predicted molar refractivity (Wildman–Crippen MR) is 118 cm³/mol. The van der Waals surface area contributed by atoms with E-state index in [1.807, 2.05) is 60.8 Å². The molecule has 0 aliphatic rings. The van der Waals surface area contributed by atoms with Crippen LogP contribution in [0, 0.1) is 22.7 Å². The summed E-state index contributed by atoms with van der Waals surface area (Å²) in [4.78, 5) is 11.6. The van der Waals surface area contributed by atoms with E-state index in [2.05, 4.69) is 28.2 Å². The summed E-state index contributed by atoms with van der Waals surface area (Å²) in [7, 11) is 0. The highest BCUT2D eigenvalue weighted by atomic mass is 14.9. The first-order chi connectivity index (χ1) is 14.8. The Hall–Kier alpha value is -4.61. The molecule has 0 saturated carbocycles. The summed E-state index contributed by atoms with van der Waals surface area (Å²) in [6.45, 7) is 0. The van der Waals surface area contributed by atoms with E-state index in [9.17, 15) is 10.5 Å². The van der Waals surface area contributed by atoms with Crippen molar-refractivity contribution in [2.45, 2.75) is 0 Å². The van der Waals surface area contributed by atoms with Crippen molar-refractivity contribution in [3.05, 3.63) is 78.0 Å². The van der Waals surface area contributed by atoms with Crippen molar-refractivity contribution < 1.29 is 0 Å². The second-order valence-electron chi connectivity index (χ2n) is 7.30. The highest BCUT2D eigenvalue weighted by Crippen LogP contribution is 2.41. The van der Waals surface area contributed by atoms with Crippen molar-refractivity contribution in [2.24, 2.45) is 0 Å². The number of hydrogen-bond donors (Lipinski definition) is 2. The van der Waals surface area contributed by atoms with Crippen molar-refractivity contribution in [1.29, 1.82) is 10.5 Å². The average molecular weight is 383 g/mol. The minimum atomic E-state index is 0.605. The lowest BCUT2D eigenvalue weighted by atomic mass is 9.95. The Bertz CT molecular complexity index is 1720. The number of hydrogen-bond acceptors (Lipinski definition) is 3. The third-order valence-corrected chi connectivity index (χ3v) is 5.64. The monoisotopic (exact) mass is 383 g/mol. The Labute approximate surface area is 170 Å². The number of rotatable bonds is 1. The molecule has 3 aromatic heterocycles. The fourth-order valence-electron chi connectivity index (χ4n) is 4.30. The molecule has 0 atom stereocenters. The summed E-state index contributed by atoms with van der Waals surface area (Å²) < 4.78 is 0. The van der Waals surface area contributed by atoms with E-state index in [1.54, 1.807) is 0 Å². The average Bonchev–Trinajstić information content (AvgIpc) is 3.37. The van der Waals surface area contributed by atoms with Crippen LogP contribution in [0.2, 0.25) is 0 Å². The maximum atomic E-state index is 9.42. The molecular formula is C25H13N5. The number of H-pyrrole nitrogens is 2. The molecule has 0 aliphatic heterocycles. The number of nitrogens with one attached hydrogen (secondary N) is 2. The van der Waals surface area contributed by atoms with E-state index in [4.69, 9.17) is 4.98 Å². The van der Waals surface area contributed by atoms with Gasteiger partial charge in [-0.15, -0.1) is 0 Å². The van der Waals surface area contributed by atoms with Crippen LogP contribution >= 0.6 is 0 Å². The number of para-hydroxylation sites is 1. The van der Waals surface area contributed by atoms with Gasteiger partial charge in [-0.3, -0.25) is 0 Å². The number of pyridine rings is 1. The molecule has 138 valence electrons. The van der Waals surface area contributed by atoms with Crippen molar-refractivity contribution in [1.82, 2.24) is 15.0 Å². The third kappa shape index (κ3) is 2.18. The number of benzene rings is 3. The summed E-state index contributed by atoms with van der Waals surface area (Å²) in [5, 5.41) is 22.8. The van der Waals surface area contributed by atoms with Crippen LogP contribution in [0.4, 0.5) is 0 Å². The minimum absolute atomic E-state index is 0.605. The topological polar surface area (TPSA) is 92.0 Å². The van der Waals surface area contributed by atoms with Gasteiger partial charge < -0.3 is 9.97 Å². The molecule has 2 N–H and O–H groups in total. The van der Waals surface area contributed by atoms with E-state index >= 15 is 0 Å². The van der Waals surface area contributed by atoms with Gasteiger partial charge in [-0.25, -0.2) is 4.98 Å². The van der Waals surface area contributed by atoms with Crippen LogP contribution in [0.1, 0.15) is 11.1 Å². The highest BCUT2D eigenvalue weighted by molar-refractivity contribution is 6.22. The molecule has 3 heterocycles. The van der Waals surface area contributed by atoms with Crippen molar-refractivity contribution >= 4 is 43.7 Å². The zero-order valence-corrected chi connectivity index (χ0v) is 15.7. The van der Waals surface area contributed by atoms with Gasteiger partial charge in [0.2, 0.25) is 0 Å². The third-order valence-electron chi connectivity index (χ3n) is 5.64. The molecule has 0 amide bonds. The van der Waals surface area contributed by atoms with Gasteiger partial charge in [0.25, 0.3) is 0 Å². The Balaban J connectivity index is 1.86. The van der Waals surface area contributed by atoms with Gasteiger partial charge in [0.15, 0.2) is 0 Å². The number of fused-ring (bicyclic) bond motifs is 5. The van der Waals surface area contributed by atoms with E-state index < -0.39 is 0 Å². The van der Waals surface area contributed by atoms with Crippen molar-refractivity contribution in [3.63, 3.8) is 0 Å². The van der Waals surface area contributed by atoms with Crippen LogP contribution < -0.4 is 0 Å². The second kappa shape index (κ2) is 5.94. The van der Waals surface area contributed by atoms with Crippen LogP contribution in [0.25, 0.3) is 54.9 Å². The lowest BCUT2D eigenvalue weighted by molar-refractivity contribution is 1.40. The first-order valence-electron chi connectivity index (χ1n) is 9.53. The summed E-state index contributed by atoms with van der Waals surface area (Å²) in [5.41, 5.74) is 6.84. The molecule has 5 nitrogen and oxygen atoms in total. The van der Waals surface area contributed by atoms with Gasteiger partial charge in [0, 0.05) is 49.9 Å². The molecule has 0 bridgehead atoms. The summed E-state index contributed by atoms with van der Waals surface area (Å²) >= 11 is 0. The number of nitriles is 2. The summed E-state index contributed by atoms with van der Waals surface area (Å²) in [6.07, 6.45) is 1.99. The number of aromatic amines is 2.